The monoisotopic (exact) mass is 517 g/mol. The molecule has 3 amide bonds. The number of rotatable bonds is 12. The van der Waals surface area contributed by atoms with E-state index in [2.05, 4.69) is 24.5 Å². The summed E-state index contributed by atoms with van der Waals surface area (Å²) in [5.41, 5.74) is 0.557. The Balaban J connectivity index is 2.49. The van der Waals surface area contributed by atoms with Crippen LogP contribution in [0.4, 0.5) is 4.79 Å². The standard InChI is InChI=1S/C29H47N3O5/c1-9-11-12-15-30-26(34)25(21-13-14-23(33)20(5)16-21)32(22-17-19(22)4)27(35)24(18(3)10-2)31-28(36)37-29(6,7)8/h13-14,16,18-19,22,24-25,33H,9-12,15,17H2,1-8H3,(H,30,34)(H,31,36). The predicted molar refractivity (Wildman–Crippen MR) is 145 cm³/mol. The highest BCUT2D eigenvalue weighted by molar-refractivity contribution is 5.92. The van der Waals surface area contributed by atoms with Crippen molar-refractivity contribution in [1.29, 1.82) is 0 Å². The van der Waals surface area contributed by atoms with Crippen LogP contribution in [0.3, 0.4) is 0 Å². The average molecular weight is 518 g/mol. The molecule has 5 atom stereocenters. The van der Waals surface area contributed by atoms with Crippen molar-refractivity contribution in [2.45, 2.75) is 111 Å². The third-order valence-electron chi connectivity index (χ3n) is 6.97. The van der Waals surface area contributed by atoms with Gasteiger partial charge in [-0.3, -0.25) is 9.59 Å². The van der Waals surface area contributed by atoms with Crippen molar-refractivity contribution >= 4 is 17.9 Å². The van der Waals surface area contributed by atoms with E-state index in [0.29, 0.717) is 24.1 Å². The summed E-state index contributed by atoms with van der Waals surface area (Å²) in [4.78, 5) is 42.3. The van der Waals surface area contributed by atoms with E-state index in [1.807, 2.05) is 13.8 Å². The number of amides is 3. The molecule has 0 saturated heterocycles. The first-order valence-electron chi connectivity index (χ1n) is 13.7. The minimum absolute atomic E-state index is 0.125. The zero-order valence-corrected chi connectivity index (χ0v) is 23.9. The molecule has 1 fully saturated rings. The Morgan fingerprint density at radius 1 is 1.19 bits per heavy atom. The average Bonchev–Trinajstić information content (AvgIpc) is 3.54. The molecule has 0 aromatic heterocycles. The molecule has 5 unspecified atom stereocenters. The lowest BCUT2D eigenvalue weighted by molar-refractivity contribution is -0.144. The molecular formula is C29H47N3O5. The normalized spacial score (nSPS) is 19.4. The molecule has 37 heavy (non-hydrogen) atoms. The molecule has 0 heterocycles. The topological polar surface area (TPSA) is 108 Å². The molecule has 0 spiro atoms. The van der Waals surface area contributed by atoms with Gasteiger partial charge < -0.3 is 25.4 Å². The van der Waals surface area contributed by atoms with Crippen molar-refractivity contribution in [3.63, 3.8) is 0 Å². The highest BCUT2D eigenvalue weighted by Gasteiger charge is 2.48. The summed E-state index contributed by atoms with van der Waals surface area (Å²) in [6.07, 6.45) is 3.67. The molecular weight excluding hydrogens is 470 g/mol. The number of unbranched alkanes of at least 4 members (excludes halogenated alkanes) is 2. The fraction of sp³-hybridized carbons (Fsp3) is 0.690. The van der Waals surface area contributed by atoms with Gasteiger partial charge in [0.25, 0.3) is 0 Å². The van der Waals surface area contributed by atoms with Gasteiger partial charge in [0.1, 0.15) is 23.4 Å². The Morgan fingerprint density at radius 3 is 2.35 bits per heavy atom. The maximum absolute atomic E-state index is 14.2. The second kappa shape index (κ2) is 13.2. The fourth-order valence-corrected chi connectivity index (χ4v) is 4.42. The van der Waals surface area contributed by atoms with Crippen LogP contribution in [0.5, 0.6) is 5.75 Å². The Kier molecular flexibility index (Phi) is 10.8. The SMILES string of the molecule is CCCCCNC(=O)C(c1ccc(O)c(C)c1)N(C(=O)C(NC(=O)OC(C)(C)C)C(C)CC)C1CC1C. The highest BCUT2D eigenvalue weighted by atomic mass is 16.6. The zero-order chi connectivity index (χ0) is 27.9. The summed E-state index contributed by atoms with van der Waals surface area (Å²) in [6, 6.07) is 3.17. The van der Waals surface area contributed by atoms with Gasteiger partial charge >= 0.3 is 6.09 Å². The van der Waals surface area contributed by atoms with Crippen LogP contribution in [0.15, 0.2) is 18.2 Å². The van der Waals surface area contributed by atoms with E-state index in [1.54, 1.807) is 50.8 Å². The molecule has 0 aliphatic heterocycles. The molecule has 8 heteroatoms. The summed E-state index contributed by atoms with van der Waals surface area (Å²) in [6.45, 7) is 15.7. The van der Waals surface area contributed by atoms with E-state index in [-0.39, 0.29) is 35.4 Å². The van der Waals surface area contributed by atoms with Gasteiger partial charge in [0.2, 0.25) is 11.8 Å². The Labute approximate surface area is 222 Å². The van der Waals surface area contributed by atoms with E-state index < -0.39 is 23.8 Å². The number of phenolic OH excluding ortho intramolecular Hbond substituents is 1. The van der Waals surface area contributed by atoms with E-state index in [1.165, 1.54) is 0 Å². The van der Waals surface area contributed by atoms with Gasteiger partial charge in [0.15, 0.2) is 0 Å². The number of aryl methyl sites for hydroxylation is 1. The van der Waals surface area contributed by atoms with Crippen LogP contribution in [0, 0.1) is 18.8 Å². The summed E-state index contributed by atoms with van der Waals surface area (Å²) in [5.74, 6) is -0.363. The molecule has 208 valence electrons. The number of alkyl carbamates (subject to hydrolysis) is 1. The molecule has 1 saturated carbocycles. The lowest BCUT2D eigenvalue weighted by atomic mass is 9.95. The Morgan fingerprint density at radius 2 is 1.84 bits per heavy atom. The van der Waals surface area contributed by atoms with Crippen LogP contribution in [0.2, 0.25) is 0 Å². The van der Waals surface area contributed by atoms with Gasteiger partial charge in [-0.05, 0) is 75.6 Å². The van der Waals surface area contributed by atoms with E-state index in [9.17, 15) is 19.5 Å². The van der Waals surface area contributed by atoms with Crippen molar-refractivity contribution < 1.29 is 24.2 Å². The number of hydrogen-bond acceptors (Lipinski definition) is 5. The molecule has 1 aliphatic carbocycles. The summed E-state index contributed by atoms with van der Waals surface area (Å²) >= 11 is 0. The van der Waals surface area contributed by atoms with Crippen molar-refractivity contribution in [2.24, 2.45) is 11.8 Å². The molecule has 8 nitrogen and oxygen atoms in total. The maximum Gasteiger partial charge on any atom is 0.408 e. The first kappa shape index (κ1) is 30.5. The fourth-order valence-electron chi connectivity index (χ4n) is 4.42. The molecule has 0 radical (unpaired) electrons. The number of carbonyl (C=O) groups is 3. The van der Waals surface area contributed by atoms with Crippen LogP contribution in [0.1, 0.15) is 97.7 Å². The number of hydrogen-bond donors (Lipinski definition) is 3. The lowest BCUT2D eigenvalue weighted by Gasteiger charge is -2.36. The zero-order valence-electron chi connectivity index (χ0n) is 23.9. The van der Waals surface area contributed by atoms with Gasteiger partial charge in [-0.25, -0.2) is 4.79 Å². The van der Waals surface area contributed by atoms with Gasteiger partial charge in [-0.1, -0.05) is 53.0 Å². The van der Waals surface area contributed by atoms with Crippen LogP contribution in [0.25, 0.3) is 0 Å². The van der Waals surface area contributed by atoms with Gasteiger partial charge in [-0.15, -0.1) is 0 Å². The number of carbonyl (C=O) groups excluding carboxylic acids is 3. The van der Waals surface area contributed by atoms with Gasteiger partial charge in [-0.2, -0.15) is 0 Å². The Bertz CT molecular complexity index is 942. The van der Waals surface area contributed by atoms with Gasteiger partial charge in [0.05, 0.1) is 0 Å². The highest BCUT2D eigenvalue weighted by Crippen LogP contribution is 2.41. The maximum atomic E-state index is 14.2. The smallest absolute Gasteiger partial charge is 0.408 e. The van der Waals surface area contributed by atoms with Crippen LogP contribution in [-0.4, -0.2) is 52.1 Å². The number of phenols is 1. The first-order valence-corrected chi connectivity index (χ1v) is 13.7. The van der Waals surface area contributed by atoms with E-state index >= 15 is 0 Å². The minimum Gasteiger partial charge on any atom is -0.508 e. The third-order valence-corrected chi connectivity index (χ3v) is 6.97. The summed E-state index contributed by atoms with van der Waals surface area (Å²) in [5, 5.41) is 16.0. The van der Waals surface area contributed by atoms with E-state index in [0.717, 1.165) is 25.7 Å². The van der Waals surface area contributed by atoms with Crippen molar-refractivity contribution in [3.05, 3.63) is 29.3 Å². The summed E-state index contributed by atoms with van der Waals surface area (Å²) < 4.78 is 5.46. The molecule has 2 rings (SSSR count). The van der Waals surface area contributed by atoms with Crippen molar-refractivity contribution in [1.82, 2.24) is 15.5 Å². The summed E-state index contributed by atoms with van der Waals surface area (Å²) in [7, 11) is 0. The quantitative estimate of drug-likeness (QED) is 0.329. The van der Waals surface area contributed by atoms with Crippen LogP contribution in [-0.2, 0) is 14.3 Å². The first-order chi connectivity index (χ1) is 17.3. The van der Waals surface area contributed by atoms with Crippen molar-refractivity contribution in [3.8, 4) is 5.75 Å². The largest absolute Gasteiger partial charge is 0.508 e. The molecule has 1 aromatic carbocycles. The number of nitrogens with one attached hydrogen (secondary N) is 2. The number of ether oxygens (including phenoxy) is 1. The molecule has 1 aliphatic rings. The number of aromatic hydroxyl groups is 1. The molecule has 3 N–H and O–H groups in total. The molecule has 1 aromatic rings. The second-order valence-corrected chi connectivity index (χ2v) is 11.5. The van der Waals surface area contributed by atoms with Crippen LogP contribution >= 0.6 is 0 Å². The van der Waals surface area contributed by atoms with E-state index in [4.69, 9.17) is 4.74 Å². The Hall–Kier alpha value is -2.77. The third kappa shape index (κ3) is 8.64. The second-order valence-electron chi connectivity index (χ2n) is 11.5. The van der Waals surface area contributed by atoms with Crippen LogP contribution < -0.4 is 10.6 Å². The minimum atomic E-state index is -0.879. The lowest BCUT2D eigenvalue weighted by Crippen LogP contribution is -2.56. The predicted octanol–water partition coefficient (Wildman–Crippen LogP) is 5.22. The van der Waals surface area contributed by atoms with Gasteiger partial charge in [0, 0.05) is 12.6 Å². The molecule has 0 bridgehead atoms. The number of benzene rings is 1. The van der Waals surface area contributed by atoms with Crippen molar-refractivity contribution in [2.75, 3.05) is 6.54 Å². The number of nitrogens with zero attached hydrogens (tertiary/aromatic N) is 1.